The average Bonchev–Trinajstić information content (AvgIpc) is 3.07. The summed E-state index contributed by atoms with van der Waals surface area (Å²) in [7, 11) is -3.85. The molecule has 0 saturated carbocycles. The minimum atomic E-state index is -3.85. The van der Waals surface area contributed by atoms with E-state index in [-0.39, 0.29) is 29.9 Å². The van der Waals surface area contributed by atoms with Gasteiger partial charge in [-0.25, -0.2) is 13.4 Å². The van der Waals surface area contributed by atoms with Crippen LogP contribution < -0.4 is 11.5 Å². The lowest BCUT2D eigenvalue weighted by molar-refractivity contribution is 0.116. The Hall–Kier alpha value is -2.46. The van der Waals surface area contributed by atoms with E-state index in [9.17, 15) is 13.5 Å². The van der Waals surface area contributed by atoms with Gasteiger partial charge in [0, 0.05) is 19.1 Å². The molecule has 8 nitrogen and oxygen atoms in total. The summed E-state index contributed by atoms with van der Waals surface area (Å²) in [5.41, 5.74) is 14.0. The molecule has 2 unspecified atom stereocenters. The first-order valence-electron chi connectivity index (χ1n) is 9.89. The lowest BCUT2D eigenvalue weighted by atomic mass is 10.0. The van der Waals surface area contributed by atoms with Gasteiger partial charge in [-0.1, -0.05) is 44.2 Å². The van der Waals surface area contributed by atoms with E-state index in [0.717, 1.165) is 5.56 Å². The van der Waals surface area contributed by atoms with E-state index in [1.807, 2.05) is 44.2 Å². The lowest BCUT2D eigenvalue weighted by Gasteiger charge is -2.28. The van der Waals surface area contributed by atoms with Crippen molar-refractivity contribution >= 4 is 27.0 Å². The second-order valence-electron chi connectivity index (χ2n) is 7.94. The molecule has 0 radical (unpaired) electrons. The van der Waals surface area contributed by atoms with Gasteiger partial charge in [-0.15, -0.1) is 0 Å². The minimum Gasteiger partial charge on any atom is -0.390 e. The molecule has 1 heterocycles. The highest BCUT2D eigenvalue weighted by Gasteiger charge is 2.29. The topological polar surface area (TPSA) is 138 Å². The Bertz CT molecular complexity index is 1080. The molecular weight excluding hydrogens is 402 g/mol. The van der Waals surface area contributed by atoms with Gasteiger partial charge in [0.25, 0.3) is 0 Å². The SMILES string of the molecule is CC(C)CN(CC(O)C(N)Cc1ccccc1)S(=O)(=O)c1ccc2nc(N)[nH]c2c1. The third-order valence-electron chi connectivity index (χ3n) is 4.88. The van der Waals surface area contributed by atoms with Crippen molar-refractivity contribution in [1.29, 1.82) is 0 Å². The maximum Gasteiger partial charge on any atom is 0.243 e. The van der Waals surface area contributed by atoms with Crippen LogP contribution in [0.3, 0.4) is 0 Å². The number of imidazole rings is 1. The van der Waals surface area contributed by atoms with Crippen LogP contribution in [0.25, 0.3) is 11.0 Å². The molecule has 0 aliphatic rings. The molecule has 9 heteroatoms. The Morgan fingerprint density at radius 3 is 2.50 bits per heavy atom. The molecule has 0 amide bonds. The van der Waals surface area contributed by atoms with Crippen LogP contribution >= 0.6 is 0 Å². The third-order valence-corrected chi connectivity index (χ3v) is 6.71. The molecule has 0 saturated heterocycles. The number of aliphatic hydroxyl groups excluding tert-OH is 1. The molecule has 2 aromatic carbocycles. The fraction of sp³-hybridized carbons (Fsp3) is 0.381. The number of benzene rings is 2. The molecule has 0 aliphatic carbocycles. The third kappa shape index (κ3) is 5.17. The molecule has 0 spiro atoms. The molecular formula is C21H29N5O3S. The molecule has 3 aromatic rings. The second kappa shape index (κ2) is 9.13. The lowest BCUT2D eigenvalue weighted by Crippen LogP contribution is -2.47. The Labute approximate surface area is 177 Å². The normalized spacial score (nSPS) is 14.5. The Morgan fingerprint density at radius 2 is 1.83 bits per heavy atom. The number of nitrogens with one attached hydrogen (secondary N) is 1. The van der Waals surface area contributed by atoms with Crippen molar-refractivity contribution in [3.63, 3.8) is 0 Å². The smallest absolute Gasteiger partial charge is 0.243 e. The van der Waals surface area contributed by atoms with Crippen LogP contribution in [0.2, 0.25) is 0 Å². The van der Waals surface area contributed by atoms with Gasteiger partial charge in [0.05, 0.1) is 22.0 Å². The maximum absolute atomic E-state index is 13.3. The van der Waals surface area contributed by atoms with Crippen LogP contribution in [-0.4, -0.2) is 53.0 Å². The fourth-order valence-corrected chi connectivity index (χ4v) is 5.01. The van der Waals surface area contributed by atoms with Crippen LogP contribution in [0.15, 0.2) is 53.4 Å². The number of nitrogen functional groups attached to an aromatic ring is 1. The summed E-state index contributed by atoms with van der Waals surface area (Å²) in [6.07, 6.45) is -0.554. The van der Waals surface area contributed by atoms with Crippen molar-refractivity contribution in [2.45, 2.75) is 37.3 Å². The van der Waals surface area contributed by atoms with E-state index in [0.29, 0.717) is 17.5 Å². The van der Waals surface area contributed by atoms with Crippen molar-refractivity contribution in [2.75, 3.05) is 18.8 Å². The monoisotopic (exact) mass is 431 g/mol. The number of nitrogens with two attached hydrogens (primary N) is 2. The molecule has 6 N–H and O–H groups in total. The van der Waals surface area contributed by atoms with Gasteiger partial charge in [0.2, 0.25) is 10.0 Å². The van der Waals surface area contributed by atoms with E-state index in [1.165, 1.54) is 16.4 Å². The summed E-state index contributed by atoms with van der Waals surface area (Å²) in [6.45, 7) is 4.04. The Morgan fingerprint density at radius 1 is 1.13 bits per heavy atom. The van der Waals surface area contributed by atoms with E-state index in [1.54, 1.807) is 6.07 Å². The zero-order valence-corrected chi connectivity index (χ0v) is 18.0. The molecule has 0 bridgehead atoms. The van der Waals surface area contributed by atoms with Crippen LogP contribution in [0.4, 0.5) is 5.95 Å². The minimum absolute atomic E-state index is 0.0730. The van der Waals surface area contributed by atoms with Gasteiger partial charge in [0.15, 0.2) is 5.95 Å². The van der Waals surface area contributed by atoms with Gasteiger partial charge in [-0.2, -0.15) is 4.31 Å². The van der Waals surface area contributed by atoms with Crippen LogP contribution in [0, 0.1) is 5.92 Å². The zero-order valence-electron chi connectivity index (χ0n) is 17.2. The molecule has 2 atom stereocenters. The fourth-order valence-electron chi connectivity index (χ4n) is 3.36. The number of hydrogen-bond acceptors (Lipinski definition) is 6. The van der Waals surface area contributed by atoms with Crippen LogP contribution in [-0.2, 0) is 16.4 Å². The van der Waals surface area contributed by atoms with Gasteiger partial charge in [-0.05, 0) is 36.1 Å². The number of fused-ring (bicyclic) bond motifs is 1. The van der Waals surface area contributed by atoms with Crippen LogP contribution in [0.5, 0.6) is 0 Å². The number of aromatic nitrogens is 2. The number of nitrogens with zero attached hydrogens (tertiary/aromatic N) is 2. The standard InChI is InChI=1S/C21H29N5O3S/c1-14(2)12-26(13-20(27)17(22)10-15-6-4-3-5-7-15)30(28,29)16-8-9-18-19(11-16)25-21(23)24-18/h3-9,11,14,17,20,27H,10,12-13,22H2,1-2H3,(H3,23,24,25). The first kappa shape index (κ1) is 22.2. The van der Waals surface area contributed by atoms with Crippen molar-refractivity contribution in [3.05, 3.63) is 54.1 Å². The number of anilines is 1. The predicted molar refractivity (Wildman–Crippen MR) is 118 cm³/mol. The van der Waals surface area contributed by atoms with E-state index in [2.05, 4.69) is 9.97 Å². The number of aromatic amines is 1. The van der Waals surface area contributed by atoms with Crippen molar-refractivity contribution in [2.24, 2.45) is 11.7 Å². The molecule has 162 valence electrons. The van der Waals surface area contributed by atoms with Crippen molar-refractivity contribution in [3.8, 4) is 0 Å². The average molecular weight is 432 g/mol. The maximum atomic E-state index is 13.3. The molecule has 3 rings (SSSR count). The second-order valence-corrected chi connectivity index (χ2v) is 9.88. The number of sulfonamides is 1. The van der Waals surface area contributed by atoms with Crippen molar-refractivity contribution in [1.82, 2.24) is 14.3 Å². The van der Waals surface area contributed by atoms with E-state index >= 15 is 0 Å². The van der Waals surface area contributed by atoms with E-state index in [4.69, 9.17) is 11.5 Å². The summed E-state index contributed by atoms with van der Waals surface area (Å²) in [5.74, 6) is 0.296. The van der Waals surface area contributed by atoms with Gasteiger partial charge >= 0.3 is 0 Å². The molecule has 1 aromatic heterocycles. The molecule has 30 heavy (non-hydrogen) atoms. The van der Waals surface area contributed by atoms with Gasteiger partial charge in [0.1, 0.15) is 0 Å². The first-order chi connectivity index (χ1) is 14.2. The largest absolute Gasteiger partial charge is 0.390 e. The first-order valence-corrected chi connectivity index (χ1v) is 11.3. The highest BCUT2D eigenvalue weighted by molar-refractivity contribution is 7.89. The van der Waals surface area contributed by atoms with Crippen molar-refractivity contribution < 1.29 is 13.5 Å². The number of aliphatic hydroxyl groups is 1. The summed E-state index contributed by atoms with van der Waals surface area (Å²) in [5, 5.41) is 10.7. The number of hydrogen-bond donors (Lipinski definition) is 4. The zero-order chi connectivity index (χ0) is 21.9. The van der Waals surface area contributed by atoms with E-state index < -0.39 is 22.2 Å². The number of rotatable bonds is 9. The Balaban J connectivity index is 1.82. The summed E-state index contributed by atoms with van der Waals surface area (Å²) < 4.78 is 28.0. The Kier molecular flexibility index (Phi) is 6.77. The summed E-state index contributed by atoms with van der Waals surface area (Å²) >= 11 is 0. The summed E-state index contributed by atoms with van der Waals surface area (Å²) in [6, 6.07) is 13.6. The molecule has 0 aliphatic heterocycles. The molecule has 0 fully saturated rings. The highest BCUT2D eigenvalue weighted by atomic mass is 32.2. The van der Waals surface area contributed by atoms with Gasteiger partial charge < -0.3 is 21.6 Å². The van der Waals surface area contributed by atoms with Crippen LogP contribution in [0.1, 0.15) is 19.4 Å². The van der Waals surface area contributed by atoms with Gasteiger partial charge in [-0.3, -0.25) is 0 Å². The highest BCUT2D eigenvalue weighted by Crippen LogP contribution is 2.23. The quantitative estimate of drug-likeness (QED) is 0.407. The predicted octanol–water partition coefficient (Wildman–Crippen LogP) is 1.72. The number of H-pyrrole nitrogens is 1. The summed E-state index contributed by atoms with van der Waals surface area (Å²) in [4.78, 5) is 7.06.